The third-order valence-electron chi connectivity index (χ3n) is 10.8. The molecule has 3 aliphatic heterocycles. The maximum absolute atomic E-state index is 13.9. The molecule has 0 bridgehead atoms. The molecule has 12 nitrogen and oxygen atoms in total. The van der Waals surface area contributed by atoms with Crippen LogP contribution in [-0.4, -0.2) is 91.4 Å². The minimum Gasteiger partial charge on any atom is -0.343 e. The molecule has 1 saturated carbocycles. The summed E-state index contributed by atoms with van der Waals surface area (Å²) in [5, 5.41) is 0.0764. The van der Waals surface area contributed by atoms with Gasteiger partial charge in [0.05, 0.1) is 11.5 Å². The monoisotopic (exact) mass is 792 g/mol. The van der Waals surface area contributed by atoms with Crippen LogP contribution in [0.25, 0.3) is 0 Å². The minimum atomic E-state index is -4.26. The fraction of sp³-hybridized carbons (Fsp3) is 0.359. The number of rotatable bonds is 8. The number of nitrogens with zero attached hydrogens (tertiary/aromatic N) is 4. The Morgan fingerprint density at radius 1 is 0.648 bits per heavy atom. The Kier molecular flexibility index (Phi) is 10.2. The smallest absolute Gasteiger partial charge is 0.266 e. The first-order valence-corrected chi connectivity index (χ1v) is 21.1. The lowest BCUT2D eigenvalue weighted by molar-refractivity contribution is -0.132. The third kappa shape index (κ3) is 7.10. The maximum Gasteiger partial charge on any atom is 0.266 e. The lowest BCUT2D eigenvalue weighted by Crippen LogP contribution is -2.53. The fourth-order valence-electron chi connectivity index (χ4n) is 7.96. The van der Waals surface area contributed by atoms with Crippen LogP contribution in [0.15, 0.2) is 107 Å². The number of fused-ring (bicyclic) bond motifs is 2. The average molecular weight is 793 g/mol. The first kappa shape index (κ1) is 39.3. The van der Waals surface area contributed by atoms with E-state index < -0.39 is 54.4 Å². The molecule has 2 aromatic rings. The van der Waals surface area contributed by atoms with Crippen molar-refractivity contribution < 1.29 is 35.5 Å². The van der Waals surface area contributed by atoms with Gasteiger partial charge in [-0.3, -0.25) is 28.5 Å². The molecule has 0 radical (unpaired) electrons. The second kappa shape index (κ2) is 14.0. The number of hydrogen-bond acceptors (Lipinski definition) is 9. The summed E-state index contributed by atoms with van der Waals surface area (Å²) < 4.78 is 66.7. The van der Waals surface area contributed by atoms with E-state index in [0.717, 1.165) is 45.0 Å². The third-order valence-corrected chi connectivity index (χ3v) is 12.7. The minimum absolute atomic E-state index is 0.0111. The summed E-state index contributed by atoms with van der Waals surface area (Å²) >= 11 is 5.39. The van der Waals surface area contributed by atoms with Gasteiger partial charge in [0.25, 0.3) is 32.1 Å². The molecule has 2 fully saturated rings. The van der Waals surface area contributed by atoms with Crippen molar-refractivity contribution in [2.45, 2.75) is 51.4 Å². The van der Waals surface area contributed by atoms with E-state index in [1.165, 1.54) is 23.9 Å². The number of amides is 2. The maximum atomic E-state index is 13.9. The van der Waals surface area contributed by atoms with Gasteiger partial charge in [0.15, 0.2) is 5.11 Å². The molecule has 2 N–H and O–H groups in total. The Balaban J connectivity index is 1.51. The summed E-state index contributed by atoms with van der Waals surface area (Å²) in [6.45, 7) is 8.15. The van der Waals surface area contributed by atoms with Crippen LogP contribution < -0.4 is 9.80 Å². The Hall–Kier alpha value is -4.41. The van der Waals surface area contributed by atoms with E-state index in [-0.39, 0.29) is 23.8 Å². The predicted molar refractivity (Wildman–Crippen MR) is 213 cm³/mol. The molecule has 54 heavy (non-hydrogen) atoms. The molecule has 1 aliphatic carbocycles. The molecule has 15 heteroatoms. The van der Waals surface area contributed by atoms with Crippen molar-refractivity contribution in [3.63, 3.8) is 0 Å². The van der Waals surface area contributed by atoms with Gasteiger partial charge in [0.1, 0.15) is 5.57 Å². The zero-order chi connectivity index (χ0) is 39.5. The SMILES string of the molecule is CN1C(=O)C(=C2/C(=C/C=C3/N(CCS(=O)(=O)O)c4ccccc4C3(C)C)CC/C2=C\C=C2\N(CCS(=O)(=O)O)c3ccccc3C2(C)C)C(=O)N(C)C1=S. The van der Waals surface area contributed by atoms with Crippen LogP contribution in [0.2, 0.25) is 0 Å². The van der Waals surface area contributed by atoms with E-state index in [2.05, 4.69) is 0 Å². The molecule has 0 atom stereocenters. The van der Waals surface area contributed by atoms with Crippen molar-refractivity contribution in [3.05, 3.63) is 118 Å². The summed E-state index contributed by atoms with van der Waals surface area (Å²) in [5.74, 6) is -2.04. The van der Waals surface area contributed by atoms with Crippen molar-refractivity contribution in [1.29, 1.82) is 0 Å². The highest BCUT2D eigenvalue weighted by molar-refractivity contribution is 7.86. The molecule has 0 unspecified atom stereocenters. The number of thiocarbonyl (C=S) groups is 1. The highest BCUT2D eigenvalue weighted by Crippen LogP contribution is 2.50. The van der Waals surface area contributed by atoms with Crippen LogP contribution in [0.1, 0.15) is 51.7 Å². The van der Waals surface area contributed by atoms with Crippen molar-refractivity contribution in [2.24, 2.45) is 0 Å². The number of carbonyl (C=O) groups excluding carboxylic acids is 2. The molecule has 286 valence electrons. The number of para-hydroxylation sites is 2. The van der Waals surface area contributed by atoms with Gasteiger partial charge >= 0.3 is 0 Å². The zero-order valence-electron chi connectivity index (χ0n) is 31.0. The highest BCUT2D eigenvalue weighted by Gasteiger charge is 2.43. The molecule has 0 spiro atoms. The van der Waals surface area contributed by atoms with Gasteiger partial charge < -0.3 is 9.80 Å². The van der Waals surface area contributed by atoms with Gasteiger partial charge in [-0.1, -0.05) is 76.2 Å². The first-order chi connectivity index (χ1) is 25.1. The van der Waals surface area contributed by atoms with Crippen molar-refractivity contribution in [1.82, 2.24) is 9.80 Å². The molecule has 2 aromatic carbocycles. The van der Waals surface area contributed by atoms with Gasteiger partial charge in [0.2, 0.25) is 0 Å². The number of carbonyl (C=O) groups is 2. The molecule has 0 aromatic heterocycles. The van der Waals surface area contributed by atoms with Gasteiger partial charge in [0, 0.05) is 60.8 Å². The molecule has 3 heterocycles. The summed E-state index contributed by atoms with van der Waals surface area (Å²) in [6, 6.07) is 15.3. The van der Waals surface area contributed by atoms with Crippen LogP contribution in [-0.2, 0) is 40.7 Å². The van der Waals surface area contributed by atoms with E-state index in [4.69, 9.17) is 12.2 Å². The fourth-order valence-corrected chi connectivity index (χ4v) is 8.95. The second-order valence-electron chi connectivity index (χ2n) is 14.9. The summed E-state index contributed by atoms with van der Waals surface area (Å²) in [7, 11) is -5.48. The van der Waals surface area contributed by atoms with Crippen LogP contribution in [0.4, 0.5) is 11.4 Å². The van der Waals surface area contributed by atoms with Gasteiger partial charge in [-0.25, -0.2) is 0 Å². The van der Waals surface area contributed by atoms with Crippen LogP contribution in [0, 0.1) is 0 Å². The topological polar surface area (TPSA) is 156 Å². The largest absolute Gasteiger partial charge is 0.343 e. The van der Waals surface area contributed by atoms with Crippen LogP contribution >= 0.6 is 12.2 Å². The summed E-state index contributed by atoms with van der Waals surface area (Å²) in [6.07, 6.45) is 8.49. The van der Waals surface area contributed by atoms with Crippen LogP contribution in [0.5, 0.6) is 0 Å². The van der Waals surface area contributed by atoms with Gasteiger partial charge in [-0.2, -0.15) is 16.8 Å². The van der Waals surface area contributed by atoms with Crippen molar-refractivity contribution in [2.75, 3.05) is 48.5 Å². The van der Waals surface area contributed by atoms with Crippen molar-refractivity contribution in [3.8, 4) is 0 Å². The Labute approximate surface area is 322 Å². The normalized spacial score (nSPS) is 22.9. The van der Waals surface area contributed by atoms with Gasteiger partial charge in [-0.15, -0.1) is 0 Å². The molecule has 2 amide bonds. The highest BCUT2D eigenvalue weighted by atomic mass is 32.2. The number of likely N-dealkylation sites (N-methyl/N-ethyl adjacent to an activating group) is 2. The second-order valence-corrected chi connectivity index (χ2v) is 18.4. The summed E-state index contributed by atoms with van der Waals surface area (Å²) in [5.41, 5.74) is 5.92. The lowest BCUT2D eigenvalue weighted by Gasteiger charge is -2.33. The van der Waals surface area contributed by atoms with Crippen molar-refractivity contribution >= 4 is 60.8 Å². The predicted octanol–water partition coefficient (Wildman–Crippen LogP) is 5.28. The number of allylic oxidation sites excluding steroid dienone is 9. The van der Waals surface area contributed by atoms with E-state index >= 15 is 0 Å². The first-order valence-electron chi connectivity index (χ1n) is 17.5. The molecular weight excluding hydrogens is 749 g/mol. The van der Waals surface area contributed by atoms with Gasteiger partial charge in [-0.05, 0) is 77.2 Å². The average Bonchev–Trinajstić information content (AvgIpc) is 3.66. The number of benzene rings is 2. The molecule has 6 rings (SSSR count). The lowest BCUT2D eigenvalue weighted by atomic mass is 9.83. The van der Waals surface area contributed by atoms with E-state index in [1.54, 1.807) is 0 Å². The summed E-state index contributed by atoms with van der Waals surface area (Å²) in [4.78, 5) is 34.1. The Morgan fingerprint density at radius 3 is 1.39 bits per heavy atom. The van der Waals surface area contributed by atoms with E-state index in [0.29, 0.717) is 18.4 Å². The van der Waals surface area contributed by atoms with Crippen LogP contribution in [0.3, 0.4) is 0 Å². The Morgan fingerprint density at radius 2 is 1.02 bits per heavy atom. The molecular formula is C39H44N4O8S3. The van der Waals surface area contributed by atoms with E-state index in [9.17, 15) is 35.5 Å². The zero-order valence-corrected chi connectivity index (χ0v) is 33.5. The number of anilines is 2. The molecule has 4 aliphatic rings. The number of hydrogen-bond donors (Lipinski definition) is 2. The standard InChI is InChI=1S/C39H44N4O8S3/c1-38(2)27-11-7-9-13-29(27)42(21-23-53(46,47)48)31(38)19-17-25-15-16-26(33(25)34-35(44)40(5)37(52)41(6)36(34)45)18-20-32-39(3,4)28-12-8-10-14-30(28)43(32)22-24-54(49,50)51/h7-14,17-20H,15-16,21-24H2,1-6H3,(H,46,47,48)(H,49,50,51)/b25-17+,26-18+,31-19+,32-20+. The Bertz CT molecular complexity index is 2190. The molecule has 1 saturated heterocycles. The van der Waals surface area contributed by atoms with E-state index in [1.807, 2.05) is 110 Å². The quantitative estimate of drug-likeness (QED) is 0.155.